The molecule has 0 saturated carbocycles. The van der Waals surface area contributed by atoms with Crippen molar-refractivity contribution in [3.63, 3.8) is 0 Å². The van der Waals surface area contributed by atoms with Gasteiger partial charge in [-0.05, 0) is 24.1 Å². The van der Waals surface area contributed by atoms with Crippen LogP contribution in [0, 0.1) is 0 Å². The van der Waals surface area contributed by atoms with Crippen molar-refractivity contribution in [2.24, 2.45) is 0 Å². The van der Waals surface area contributed by atoms with Gasteiger partial charge in [0.2, 0.25) is 0 Å². The lowest BCUT2D eigenvalue weighted by molar-refractivity contribution is 0.310. The van der Waals surface area contributed by atoms with Crippen LogP contribution >= 0.6 is 0 Å². The average Bonchev–Trinajstić information content (AvgIpc) is 2.48. The summed E-state index contributed by atoms with van der Waals surface area (Å²) in [6.45, 7) is 1.56. The van der Waals surface area contributed by atoms with Gasteiger partial charge >= 0.3 is 7.12 Å². The van der Waals surface area contributed by atoms with E-state index in [9.17, 15) is 0 Å². The van der Waals surface area contributed by atoms with E-state index in [0.717, 1.165) is 30.0 Å². The van der Waals surface area contributed by atoms with Gasteiger partial charge in [0, 0.05) is 18.7 Å². The number of nitrogens with zero attached hydrogens (tertiary/aromatic N) is 1. The van der Waals surface area contributed by atoms with E-state index in [2.05, 4.69) is 11.0 Å². The summed E-state index contributed by atoms with van der Waals surface area (Å²) in [5.74, 6) is 0.892. The molecule has 0 atom stereocenters. The van der Waals surface area contributed by atoms with Crippen LogP contribution < -0.4 is 10.2 Å². The lowest BCUT2D eigenvalue weighted by Crippen LogP contribution is -2.29. The molecular weight excluding hydrogens is 265 g/mol. The fourth-order valence-electron chi connectivity index (χ4n) is 2.29. The summed E-state index contributed by atoms with van der Waals surface area (Å²) in [5.41, 5.74) is 2.77. The minimum atomic E-state index is -1.41. The Bertz CT molecular complexity index is 572. The van der Waals surface area contributed by atoms with Gasteiger partial charge in [0.1, 0.15) is 5.75 Å². The lowest BCUT2D eigenvalue weighted by atomic mass is 9.80. The number of para-hydroxylation sites is 1. The third-order valence-electron chi connectivity index (χ3n) is 3.36. The van der Waals surface area contributed by atoms with Crippen LogP contribution in [0.5, 0.6) is 5.75 Å². The molecule has 2 N–H and O–H groups in total. The van der Waals surface area contributed by atoms with Crippen LogP contribution in [0.3, 0.4) is 0 Å². The molecule has 2 rings (SSSR count). The topological polar surface area (TPSA) is 52.9 Å². The number of rotatable bonds is 6. The summed E-state index contributed by atoms with van der Waals surface area (Å²) in [6.07, 6.45) is 0. The van der Waals surface area contributed by atoms with Gasteiger partial charge < -0.3 is 14.8 Å². The summed E-state index contributed by atoms with van der Waals surface area (Å²) >= 11 is 0. The van der Waals surface area contributed by atoms with E-state index in [4.69, 9.17) is 14.8 Å². The molecule has 0 fully saturated rings. The van der Waals surface area contributed by atoms with Gasteiger partial charge in [-0.25, -0.2) is 0 Å². The molecule has 0 saturated heterocycles. The Labute approximate surface area is 125 Å². The van der Waals surface area contributed by atoms with Crippen LogP contribution in [-0.4, -0.2) is 36.2 Å². The summed E-state index contributed by atoms with van der Waals surface area (Å²) in [7, 11) is 2.31. The molecule has 0 aromatic heterocycles. The van der Waals surface area contributed by atoms with E-state index in [1.807, 2.05) is 37.4 Å². The standard InChI is InChI=1S/C16H20BNO3/c1-18(12-14-5-3-4-6-16(14)21-2)11-13-7-9-15(10-8-13)17(19)20/h3-10,19-20H,11-12H2,1-2H3. The zero-order valence-corrected chi connectivity index (χ0v) is 12.4. The van der Waals surface area contributed by atoms with E-state index in [1.165, 1.54) is 0 Å². The molecule has 5 heteroatoms. The summed E-state index contributed by atoms with van der Waals surface area (Å²) < 4.78 is 5.36. The first-order valence-corrected chi connectivity index (χ1v) is 6.85. The molecule has 2 aromatic rings. The Morgan fingerprint density at radius 2 is 1.67 bits per heavy atom. The van der Waals surface area contributed by atoms with Crippen molar-refractivity contribution in [2.75, 3.05) is 14.2 Å². The Kier molecular flexibility index (Phi) is 5.39. The molecule has 0 unspecified atom stereocenters. The zero-order chi connectivity index (χ0) is 15.2. The van der Waals surface area contributed by atoms with Gasteiger partial charge in [-0.15, -0.1) is 0 Å². The van der Waals surface area contributed by atoms with E-state index in [0.29, 0.717) is 5.46 Å². The first-order chi connectivity index (χ1) is 10.1. The number of ether oxygens (including phenoxy) is 1. The Morgan fingerprint density at radius 3 is 2.29 bits per heavy atom. The lowest BCUT2D eigenvalue weighted by Gasteiger charge is -2.18. The minimum Gasteiger partial charge on any atom is -0.496 e. The van der Waals surface area contributed by atoms with Gasteiger partial charge in [-0.1, -0.05) is 42.5 Å². The van der Waals surface area contributed by atoms with Crippen LogP contribution in [-0.2, 0) is 13.1 Å². The van der Waals surface area contributed by atoms with Crippen molar-refractivity contribution < 1.29 is 14.8 Å². The first kappa shape index (κ1) is 15.6. The highest BCUT2D eigenvalue weighted by molar-refractivity contribution is 6.58. The van der Waals surface area contributed by atoms with Crippen LogP contribution in [0.15, 0.2) is 48.5 Å². The van der Waals surface area contributed by atoms with Gasteiger partial charge in [-0.2, -0.15) is 0 Å². The van der Waals surface area contributed by atoms with Gasteiger partial charge in [0.15, 0.2) is 0 Å². The van der Waals surface area contributed by atoms with Crippen LogP contribution in [0.25, 0.3) is 0 Å². The molecular formula is C16H20BNO3. The first-order valence-electron chi connectivity index (χ1n) is 6.85. The highest BCUT2D eigenvalue weighted by Gasteiger charge is 2.10. The van der Waals surface area contributed by atoms with Gasteiger partial charge in [-0.3, -0.25) is 4.90 Å². The zero-order valence-electron chi connectivity index (χ0n) is 12.4. The molecule has 0 aliphatic carbocycles. The molecule has 0 heterocycles. The molecule has 0 aliphatic rings. The molecule has 0 bridgehead atoms. The molecule has 0 radical (unpaired) electrons. The molecule has 0 amide bonds. The SMILES string of the molecule is COc1ccccc1CN(C)Cc1ccc(B(O)O)cc1. The van der Waals surface area contributed by atoms with Crippen molar-refractivity contribution in [1.29, 1.82) is 0 Å². The van der Waals surface area contributed by atoms with Crippen LogP contribution in [0.2, 0.25) is 0 Å². The normalized spacial score (nSPS) is 10.7. The van der Waals surface area contributed by atoms with Gasteiger partial charge in [0.25, 0.3) is 0 Å². The average molecular weight is 285 g/mol. The molecule has 2 aromatic carbocycles. The van der Waals surface area contributed by atoms with Crippen molar-refractivity contribution in [1.82, 2.24) is 4.90 Å². The molecule has 21 heavy (non-hydrogen) atoms. The second-order valence-corrected chi connectivity index (χ2v) is 5.10. The van der Waals surface area contributed by atoms with E-state index in [-0.39, 0.29) is 0 Å². The van der Waals surface area contributed by atoms with E-state index in [1.54, 1.807) is 19.2 Å². The Morgan fingerprint density at radius 1 is 1.00 bits per heavy atom. The Balaban J connectivity index is 1.99. The van der Waals surface area contributed by atoms with Crippen molar-refractivity contribution in [3.05, 3.63) is 59.7 Å². The second-order valence-electron chi connectivity index (χ2n) is 5.10. The van der Waals surface area contributed by atoms with E-state index < -0.39 is 7.12 Å². The fraction of sp³-hybridized carbons (Fsp3) is 0.250. The number of hydrogen-bond acceptors (Lipinski definition) is 4. The highest BCUT2D eigenvalue weighted by atomic mass is 16.5. The maximum atomic E-state index is 9.08. The predicted molar refractivity (Wildman–Crippen MR) is 84.4 cm³/mol. The highest BCUT2D eigenvalue weighted by Crippen LogP contribution is 2.19. The third kappa shape index (κ3) is 4.33. The smallest absolute Gasteiger partial charge is 0.488 e. The van der Waals surface area contributed by atoms with Crippen molar-refractivity contribution >= 4 is 12.6 Å². The van der Waals surface area contributed by atoms with Gasteiger partial charge in [0.05, 0.1) is 7.11 Å². The third-order valence-corrected chi connectivity index (χ3v) is 3.36. The van der Waals surface area contributed by atoms with Crippen LogP contribution in [0.4, 0.5) is 0 Å². The molecule has 4 nitrogen and oxygen atoms in total. The molecule has 110 valence electrons. The quantitative estimate of drug-likeness (QED) is 0.778. The minimum absolute atomic E-state index is 0.506. The maximum absolute atomic E-state index is 9.08. The Hall–Kier alpha value is -1.82. The maximum Gasteiger partial charge on any atom is 0.488 e. The van der Waals surface area contributed by atoms with Crippen molar-refractivity contribution in [2.45, 2.75) is 13.1 Å². The van der Waals surface area contributed by atoms with E-state index >= 15 is 0 Å². The fourth-order valence-corrected chi connectivity index (χ4v) is 2.29. The number of methoxy groups -OCH3 is 1. The number of benzene rings is 2. The summed E-state index contributed by atoms with van der Waals surface area (Å²) in [6, 6.07) is 15.3. The van der Waals surface area contributed by atoms with Crippen LogP contribution in [0.1, 0.15) is 11.1 Å². The number of hydrogen-bond donors (Lipinski definition) is 2. The largest absolute Gasteiger partial charge is 0.496 e. The second kappa shape index (κ2) is 7.27. The van der Waals surface area contributed by atoms with Crippen molar-refractivity contribution in [3.8, 4) is 5.75 Å². The molecule has 0 spiro atoms. The predicted octanol–water partition coefficient (Wildman–Crippen LogP) is 1.01. The molecule has 0 aliphatic heterocycles. The monoisotopic (exact) mass is 285 g/mol. The summed E-state index contributed by atoms with van der Waals surface area (Å²) in [5, 5.41) is 18.2. The summed E-state index contributed by atoms with van der Waals surface area (Å²) in [4.78, 5) is 2.18.